The molecule has 2 saturated heterocycles. The highest BCUT2D eigenvalue weighted by Gasteiger charge is 2.45. The quantitative estimate of drug-likeness (QED) is 0.840. The zero-order valence-corrected chi connectivity index (χ0v) is 16.1. The average Bonchev–Trinajstić information content (AvgIpc) is 3.38. The number of hydrogen-bond acceptors (Lipinski definition) is 4. The standard InChI is InChI=1S/C18H23N3O.C2HF3O2/c1-20-11-15(10-19-20)12-21-8-7-18(14-21)9-17(13-22-18)16-5-3-2-4-6-16;3-2(4,5)1(6)7/h2-6,10-11,17H,7-9,12-14H2,1H3;(H,6,7). The molecule has 0 amide bonds. The highest BCUT2D eigenvalue weighted by atomic mass is 19.4. The summed E-state index contributed by atoms with van der Waals surface area (Å²) in [6.07, 6.45) is 1.29. The highest BCUT2D eigenvalue weighted by molar-refractivity contribution is 5.73. The van der Waals surface area contributed by atoms with E-state index in [1.54, 1.807) is 0 Å². The van der Waals surface area contributed by atoms with Gasteiger partial charge in [-0.2, -0.15) is 18.3 Å². The van der Waals surface area contributed by atoms with Crippen LogP contribution in [0.25, 0.3) is 0 Å². The van der Waals surface area contributed by atoms with Crippen LogP contribution in [0.2, 0.25) is 0 Å². The number of likely N-dealkylation sites (tertiary alicyclic amines) is 1. The van der Waals surface area contributed by atoms with E-state index in [1.807, 2.05) is 17.9 Å². The SMILES string of the molecule is Cn1cc(CN2CCC3(CC(c4ccccc4)CO3)C2)cn1.O=C(O)C(F)(F)F. The molecule has 0 saturated carbocycles. The van der Waals surface area contributed by atoms with Crippen LogP contribution < -0.4 is 0 Å². The Labute approximate surface area is 166 Å². The van der Waals surface area contributed by atoms with Crippen LogP contribution in [0.15, 0.2) is 42.7 Å². The molecule has 3 heterocycles. The maximum absolute atomic E-state index is 10.6. The Morgan fingerprint density at radius 3 is 2.62 bits per heavy atom. The fraction of sp³-hybridized carbons (Fsp3) is 0.500. The van der Waals surface area contributed by atoms with Crippen LogP contribution in [0.5, 0.6) is 0 Å². The molecule has 1 aromatic heterocycles. The molecule has 1 spiro atoms. The first-order valence-electron chi connectivity index (χ1n) is 9.36. The molecule has 6 nitrogen and oxygen atoms in total. The molecule has 29 heavy (non-hydrogen) atoms. The Kier molecular flexibility index (Phi) is 6.28. The number of carboxylic acid groups (broad SMARTS) is 1. The van der Waals surface area contributed by atoms with Crippen molar-refractivity contribution in [1.82, 2.24) is 14.7 Å². The number of aliphatic carboxylic acids is 1. The third-order valence-electron chi connectivity index (χ3n) is 5.28. The average molecular weight is 411 g/mol. The van der Waals surface area contributed by atoms with Gasteiger partial charge >= 0.3 is 12.1 Å². The van der Waals surface area contributed by atoms with Gasteiger partial charge in [0.15, 0.2) is 0 Å². The Morgan fingerprint density at radius 1 is 1.34 bits per heavy atom. The second-order valence-corrected chi connectivity index (χ2v) is 7.59. The normalized spacial score (nSPS) is 24.5. The van der Waals surface area contributed by atoms with Crippen molar-refractivity contribution in [3.63, 3.8) is 0 Å². The van der Waals surface area contributed by atoms with Crippen molar-refractivity contribution in [3.05, 3.63) is 53.9 Å². The Bertz CT molecular complexity index is 825. The van der Waals surface area contributed by atoms with Crippen molar-refractivity contribution in [2.75, 3.05) is 19.7 Å². The summed E-state index contributed by atoms with van der Waals surface area (Å²) in [6, 6.07) is 10.8. The Balaban J connectivity index is 0.000000298. The van der Waals surface area contributed by atoms with Gasteiger partial charge < -0.3 is 9.84 Å². The summed E-state index contributed by atoms with van der Waals surface area (Å²) < 4.78 is 39.9. The van der Waals surface area contributed by atoms with Crippen molar-refractivity contribution in [3.8, 4) is 0 Å². The van der Waals surface area contributed by atoms with Crippen molar-refractivity contribution < 1.29 is 27.8 Å². The number of carboxylic acids is 1. The lowest BCUT2D eigenvalue weighted by Crippen LogP contribution is -2.32. The minimum atomic E-state index is -5.08. The first-order chi connectivity index (χ1) is 13.7. The number of aryl methyl sites for hydroxylation is 1. The molecule has 2 atom stereocenters. The predicted molar refractivity (Wildman–Crippen MR) is 99.3 cm³/mol. The lowest BCUT2D eigenvalue weighted by Gasteiger charge is -2.23. The van der Waals surface area contributed by atoms with Crippen molar-refractivity contribution in [2.24, 2.45) is 7.05 Å². The van der Waals surface area contributed by atoms with E-state index >= 15 is 0 Å². The largest absolute Gasteiger partial charge is 0.490 e. The maximum atomic E-state index is 10.6. The maximum Gasteiger partial charge on any atom is 0.490 e. The summed E-state index contributed by atoms with van der Waals surface area (Å²) in [4.78, 5) is 11.4. The highest BCUT2D eigenvalue weighted by Crippen LogP contribution is 2.42. The van der Waals surface area contributed by atoms with E-state index < -0.39 is 12.1 Å². The molecule has 2 aliphatic heterocycles. The minimum Gasteiger partial charge on any atom is -0.475 e. The molecule has 1 N–H and O–H groups in total. The summed E-state index contributed by atoms with van der Waals surface area (Å²) in [5.41, 5.74) is 2.78. The number of hydrogen-bond donors (Lipinski definition) is 1. The summed E-state index contributed by atoms with van der Waals surface area (Å²) in [5, 5.41) is 11.4. The molecule has 9 heteroatoms. The summed E-state index contributed by atoms with van der Waals surface area (Å²) in [5.74, 6) is -2.20. The van der Waals surface area contributed by atoms with Gasteiger partial charge in [0.2, 0.25) is 0 Å². The fourth-order valence-electron chi connectivity index (χ4n) is 3.94. The van der Waals surface area contributed by atoms with Gasteiger partial charge in [-0.3, -0.25) is 9.58 Å². The fourth-order valence-corrected chi connectivity index (χ4v) is 3.94. The monoisotopic (exact) mass is 411 g/mol. The first kappa shape index (κ1) is 21.3. The summed E-state index contributed by atoms with van der Waals surface area (Å²) >= 11 is 0. The molecular formula is C20H24F3N3O3. The topological polar surface area (TPSA) is 67.6 Å². The Morgan fingerprint density at radius 2 is 2.03 bits per heavy atom. The molecule has 2 fully saturated rings. The number of halogens is 3. The van der Waals surface area contributed by atoms with E-state index in [-0.39, 0.29) is 5.60 Å². The van der Waals surface area contributed by atoms with E-state index in [0.717, 1.165) is 39.1 Å². The van der Waals surface area contributed by atoms with E-state index in [4.69, 9.17) is 14.6 Å². The number of nitrogens with zero attached hydrogens (tertiary/aromatic N) is 3. The number of aromatic nitrogens is 2. The van der Waals surface area contributed by atoms with Gasteiger partial charge in [0, 0.05) is 44.4 Å². The number of alkyl halides is 3. The van der Waals surface area contributed by atoms with Gasteiger partial charge in [-0.15, -0.1) is 0 Å². The molecule has 4 rings (SSSR count). The molecule has 2 aliphatic rings. The molecule has 2 aromatic rings. The van der Waals surface area contributed by atoms with Crippen LogP contribution in [0.1, 0.15) is 29.9 Å². The predicted octanol–water partition coefficient (Wildman–Crippen LogP) is 3.20. The van der Waals surface area contributed by atoms with E-state index in [2.05, 4.69) is 46.5 Å². The van der Waals surface area contributed by atoms with Crippen molar-refractivity contribution in [1.29, 1.82) is 0 Å². The zero-order chi connectivity index (χ0) is 21.1. The van der Waals surface area contributed by atoms with Crippen molar-refractivity contribution in [2.45, 2.75) is 37.1 Å². The molecule has 0 radical (unpaired) electrons. The van der Waals surface area contributed by atoms with Crippen molar-refractivity contribution >= 4 is 5.97 Å². The summed E-state index contributed by atoms with van der Waals surface area (Å²) in [6.45, 7) is 4.02. The third-order valence-corrected chi connectivity index (χ3v) is 5.28. The van der Waals surface area contributed by atoms with Gasteiger partial charge in [0.25, 0.3) is 0 Å². The van der Waals surface area contributed by atoms with Gasteiger partial charge in [-0.05, 0) is 18.4 Å². The number of ether oxygens (including phenoxy) is 1. The van der Waals surface area contributed by atoms with Crippen LogP contribution in [0.4, 0.5) is 13.2 Å². The van der Waals surface area contributed by atoms with E-state index in [1.165, 1.54) is 11.1 Å². The zero-order valence-electron chi connectivity index (χ0n) is 16.1. The van der Waals surface area contributed by atoms with Crippen LogP contribution in [-0.4, -0.2) is 57.2 Å². The smallest absolute Gasteiger partial charge is 0.475 e. The molecule has 158 valence electrons. The van der Waals surface area contributed by atoms with Gasteiger partial charge in [-0.1, -0.05) is 30.3 Å². The summed E-state index contributed by atoms with van der Waals surface area (Å²) in [7, 11) is 1.97. The lowest BCUT2D eigenvalue weighted by molar-refractivity contribution is -0.192. The molecular weight excluding hydrogens is 387 g/mol. The van der Waals surface area contributed by atoms with Gasteiger partial charge in [0.05, 0.1) is 18.4 Å². The first-order valence-corrected chi connectivity index (χ1v) is 9.36. The van der Waals surface area contributed by atoms with Gasteiger partial charge in [-0.25, -0.2) is 4.79 Å². The number of rotatable bonds is 3. The van der Waals surface area contributed by atoms with Crippen LogP contribution >= 0.6 is 0 Å². The van der Waals surface area contributed by atoms with Crippen LogP contribution in [0, 0.1) is 0 Å². The van der Waals surface area contributed by atoms with Gasteiger partial charge in [0.1, 0.15) is 0 Å². The van der Waals surface area contributed by atoms with E-state index in [9.17, 15) is 13.2 Å². The molecule has 1 aromatic carbocycles. The number of benzene rings is 1. The Hall–Kier alpha value is -2.39. The third kappa shape index (κ3) is 5.57. The number of carbonyl (C=O) groups is 1. The van der Waals surface area contributed by atoms with E-state index in [0.29, 0.717) is 5.92 Å². The lowest BCUT2D eigenvalue weighted by atomic mass is 9.89. The van der Waals surface area contributed by atoms with Crippen LogP contribution in [-0.2, 0) is 23.1 Å². The van der Waals surface area contributed by atoms with Crippen LogP contribution in [0.3, 0.4) is 0 Å². The second-order valence-electron chi connectivity index (χ2n) is 7.59. The molecule has 0 aliphatic carbocycles. The molecule has 2 unspecified atom stereocenters. The molecule has 0 bridgehead atoms. The second kappa shape index (κ2) is 8.54. The minimum absolute atomic E-state index is 0.0721.